The van der Waals surface area contributed by atoms with Crippen molar-refractivity contribution in [1.29, 1.82) is 0 Å². The van der Waals surface area contributed by atoms with E-state index in [1.165, 1.54) is 11.9 Å². The summed E-state index contributed by atoms with van der Waals surface area (Å²) < 4.78 is 0. The lowest BCUT2D eigenvalue weighted by Crippen LogP contribution is -2.36. The van der Waals surface area contributed by atoms with E-state index >= 15 is 0 Å². The second kappa shape index (κ2) is 3.62. The van der Waals surface area contributed by atoms with Crippen molar-refractivity contribution in [2.75, 3.05) is 20.1 Å². The maximum atomic E-state index is 11.8. The summed E-state index contributed by atoms with van der Waals surface area (Å²) in [5.74, 6) is -1.68. The Morgan fingerprint density at radius 1 is 1.38 bits per heavy atom. The molecule has 0 bridgehead atoms. The first-order valence-corrected chi connectivity index (χ1v) is 5.04. The van der Waals surface area contributed by atoms with Crippen LogP contribution in [0.4, 0.5) is 0 Å². The van der Waals surface area contributed by atoms with Crippen LogP contribution >= 0.6 is 0 Å². The molecule has 0 saturated heterocycles. The number of hydrogen-bond donors (Lipinski definition) is 1. The highest BCUT2D eigenvalue weighted by Gasteiger charge is 2.40. The lowest BCUT2D eigenvalue weighted by Gasteiger charge is -2.26. The first-order chi connectivity index (χ1) is 7.52. The summed E-state index contributed by atoms with van der Waals surface area (Å²) >= 11 is 0. The number of rotatable bonds is 2. The van der Waals surface area contributed by atoms with Gasteiger partial charge in [0.05, 0.1) is 0 Å². The fourth-order valence-electron chi connectivity index (χ4n) is 2.12. The number of nitrogens with zero attached hydrogens (tertiary/aromatic N) is 2. The van der Waals surface area contributed by atoms with Gasteiger partial charge in [-0.05, 0) is 12.8 Å². The largest absolute Gasteiger partial charge is 0.480 e. The van der Waals surface area contributed by atoms with E-state index in [-0.39, 0.29) is 24.1 Å². The summed E-state index contributed by atoms with van der Waals surface area (Å²) in [4.78, 5) is 36.6. The van der Waals surface area contributed by atoms with E-state index in [2.05, 4.69) is 0 Å². The third-order valence-corrected chi connectivity index (χ3v) is 2.85. The van der Waals surface area contributed by atoms with Gasteiger partial charge >= 0.3 is 5.97 Å². The van der Waals surface area contributed by atoms with Crippen LogP contribution in [0, 0.1) is 0 Å². The third-order valence-electron chi connectivity index (χ3n) is 2.85. The number of hydrogen-bond acceptors (Lipinski definition) is 4. The number of likely N-dealkylation sites (N-methyl/N-ethyl adjacent to an activating group) is 1. The Balaban J connectivity index is 2.34. The van der Waals surface area contributed by atoms with Crippen LogP contribution in [0.3, 0.4) is 0 Å². The lowest BCUT2D eigenvalue weighted by atomic mass is 10.0. The quantitative estimate of drug-likeness (QED) is 0.635. The molecule has 2 aliphatic heterocycles. The van der Waals surface area contributed by atoms with Crippen molar-refractivity contribution in [3.8, 4) is 0 Å². The summed E-state index contributed by atoms with van der Waals surface area (Å²) in [5, 5.41) is 8.73. The molecule has 6 heteroatoms. The molecule has 2 aliphatic rings. The van der Waals surface area contributed by atoms with Crippen LogP contribution in [0.15, 0.2) is 11.3 Å². The molecule has 6 nitrogen and oxygen atoms in total. The Morgan fingerprint density at radius 2 is 2.06 bits per heavy atom. The highest BCUT2D eigenvalue weighted by molar-refractivity contribution is 6.19. The van der Waals surface area contributed by atoms with Gasteiger partial charge in [0.2, 0.25) is 0 Å². The average molecular weight is 224 g/mol. The molecule has 0 aromatic carbocycles. The lowest BCUT2D eigenvalue weighted by molar-refractivity contribution is -0.138. The van der Waals surface area contributed by atoms with Crippen molar-refractivity contribution in [3.05, 3.63) is 11.3 Å². The first kappa shape index (κ1) is 10.7. The molecule has 0 aliphatic carbocycles. The Kier molecular flexibility index (Phi) is 2.41. The van der Waals surface area contributed by atoms with Gasteiger partial charge in [-0.15, -0.1) is 0 Å². The number of amides is 2. The number of aliphatic carboxylic acids is 1. The van der Waals surface area contributed by atoms with E-state index in [1.54, 1.807) is 0 Å². The predicted molar refractivity (Wildman–Crippen MR) is 53.2 cm³/mol. The van der Waals surface area contributed by atoms with Gasteiger partial charge < -0.3 is 10.0 Å². The van der Waals surface area contributed by atoms with E-state index in [0.717, 1.165) is 4.90 Å². The summed E-state index contributed by atoms with van der Waals surface area (Å²) in [5.41, 5.74) is 0.737. The van der Waals surface area contributed by atoms with Gasteiger partial charge in [-0.3, -0.25) is 19.3 Å². The van der Waals surface area contributed by atoms with Crippen LogP contribution in [-0.4, -0.2) is 52.8 Å². The second-order valence-corrected chi connectivity index (χ2v) is 3.92. The van der Waals surface area contributed by atoms with E-state index < -0.39 is 5.97 Å². The molecule has 1 N–H and O–H groups in total. The Labute approximate surface area is 92.1 Å². The van der Waals surface area contributed by atoms with Crippen LogP contribution in [0.2, 0.25) is 0 Å². The van der Waals surface area contributed by atoms with E-state index in [4.69, 9.17) is 5.11 Å². The molecule has 2 rings (SSSR count). The Hall–Kier alpha value is -1.85. The molecule has 0 radical (unpaired) electrons. The summed E-state index contributed by atoms with van der Waals surface area (Å²) in [7, 11) is 1.42. The zero-order chi connectivity index (χ0) is 11.9. The molecule has 0 aromatic heterocycles. The molecule has 0 atom stereocenters. The van der Waals surface area contributed by atoms with Crippen LogP contribution in [0.1, 0.15) is 12.8 Å². The predicted octanol–water partition coefficient (Wildman–Crippen LogP) is -0.581. The molecular formula is C10H12N2O4. The zero-order valence-corrected chi connectivity index (χ0v) is 8.89. The van der Waals surface area contributed by atoms with Crippen LogP contribution in [0.5, 0.6) is 0 Å². The van der Waals surface area contributed by atoms with Crippen molar-refractivity contribution >= 4 is 17.8 Å². The monoisotopic (exact) mass is 224 g/mol. The molecular weight excluding hydrogens is 212 g/mol. The molecule has 0 unspecified atom stereocenters. The van der Waals surface area contributed by atoms with E-state index in [0.29, 0.717) is 25.0 Å². The number of carbonyl (C=O) groups excluding carboxylic acids is 2. The number of carboxylic acid groups (broad SMARTS) is 1. The number of imide groups is 1. The van der Waals surface area contributed by atoms with E-state index in [9.17, 15) is 14.4 Å². The Bertz CT molecular complexity index is 413. The molecule has 0 saturated carbocycles. The van der Waals surface area contributed by atoms with E-state index in [1.807, 2.05) is 0 Å². The van der Waals surface area contributed by atoms with Crippen molar-refractivity contribution < 1.29 is 19.5 Å². The van der Waals surface area contributed by atoms with Gasteiger partial charge in [-0.25, -0.2) is 0 Å². The fourth-order valence-corrected chi connectivity index (χ4v) is 2.12. The van der Waals surface area contributed by atoms with Gasteiger partial charge in [0.1, 0.15) is 12.2 Å². The summed E-state index contributed by atoms with van der Waals surface area (Å²) in [6.07, 6.45) is 1.26. The maximum Gasteiger partial charge on any atom is 0.323 e. The third kappa shape index (κ3) is 1.46. The molecule has 2 heterocycles. The van der Waals surface area contributed by atoms with Crippen molar-refractivity contribution in [3.63, 3.8) is 0 Å². The normalized spacial score (nSPS) is 20.6. The smallest absolute Gasteiger partial charge is 0.323 e. The first-order valence-electron chi connectivity index (χ1n) is 5.04. The second-order valence-electron chi connectivity index (χ2n) is 3.92. The van der Waals surface area contributed by atoms with Crippen LogP contribution < -0.4 is 0 Å². The Morgan fingerprint density at radius 3 is 2.69 bits per heavy atom. The fraction of sp³-hybridized carbons (Fsp3) is 0.500. The summed E-state index contributed by atoms with van der Waals surface area (Å²) in [6.45, 7) is 0.281. The maximum absolute atomic E-state index is 11.8. The average Bonchev–Trinajstić information content (AvgIpc) is 2.44. The number of carboxylic acids is 1. The molecule has 0 spiro atoms. The minimum Gasteiger partial charge on any atom is -0.480 e. The molecule has 0 fully saturated rings. The molecule has 0 aromatic rings. The highest BCUT2D eigenvalue weighted by atomic mass is 16.4. The van der Waals surface area contributed by atoms with Crippen molar-refractivity contribution in [2.24, 2.45) is 0 Å². The van der Waals surface area contributed by atoms with Crippen LogP contribution in [0.25, 0.3) is 0 Å². The van der Waals surface area contributed by atoms with Crippen LogP contribution in [-0.2, 0) is 14.4 Å². The minimum atomic E-state index is -0.997. The number of carbonyl (C=O) groups is 3. The van der Waals surface area contributed by atoms with Gasteiger partial charge in [-0.1, -0.05) is 0 Å². The van der Waals surface area contributed by atoms with Crippen molar-refractivity contribution in [1.82, 2.24) is 9.80 Å². The SMILES string of the molecule is CN1C(=O)C2=C(C1=O)N(CC(=O)O)CCC2. The molecule has 16 heavy (non-hydrogen) atoms. The molecule has 2 amide bonds. The summed E-state index contributed by atoms with van der Waals surface area (Å²) in [6, 6.07) is 0. The molecule has 86 valence electrons. The standard InChI is InChI=1S/C10H12N2O4/c1-11-9(15)6-3-2-4-12(5-7(13)14)8(6)10(11)16/h2-5H2,1H3,(H,13,14). The van der Waals surface area contributed by atoms with Gasteiger partial charge in [0, 0.05) is 19.2 Å². The van der Waals surface area contributed by atoms with Gasteiger partial charge in [-0.2, -0.15) is 0 Å². The topological polar surface area (TPSA) is 77.9 Å². The highest BCUT2D eigenvalue weighted by Crippen LogP contribution is 2.30. The zero-order valence-electron chi connectivity index (χ0n) is 8.89. The van der Waals surface area contributed by atoms with Crippen molar-refractivity contribution in [2.45, 2.75) is 12.8 Å². The van der Waals surface area contributed by atoms with Gasteiger partial charge in [0.25, 0.3) is 11.8 Å². The minimum absolute atomic E-state index is 0.230. The van der Waals surface area contributed by atoms with Gasteiger partial charge in [0.15, 0.2) is 0 Å².